The number of carbonyl (C=O) groups excluding carboxylic acids is 1. The minimum atomic E-state index is 0.0616. The first-order chi connectivity index (χ1) is 5.77. The van der Waals surface area contributed by atoms with Crippen molar-refractivity contribution in [2.24, 2.45) is 5.92 Å². The minimum Gasteiger partial charge on any atom is -0.358 e. The molecule has 1 fully saturated rings. The Hall–Kier alpha value is -0.570. The van der Waals surface area contributed by atoms with Gasteiger partial charge < -0.3 is 10.6 Å². The maximum atomic E-state index is 11.2. The second-order valence-electron chi connectivity index (χ2n) is 3.47. The molecule has 70 valence electrons. The molecule has 0 bridgehead atoms. The van der Waals surface area contributed by atoms with Crippen molar-refractivity contribution in [1.82, 2.24) is 10.6 Å². The Bertz CT molecular complexity index is 159. The largest absolute Gasteiger partial charge is 0.358 e. The Labute approximate surface area is 73.9 Å². The van der Waals surface area contributed by atoms with Gasteiger partial charge in [0.2, 0.25) is 5.91 Å². The summed E-state index contributed by atoms with van der Waals surface area (Å²) in [6.07, 6.45) is 3.46. The number of rotatable bonds is 3. The zero-order valence-corrected chi connectivity index (χ0v) is 7.89. The summed E-state index contributed by atoms with van der Waals surface area (Å²) in [4.78, 5) is 11.2. The number of likely N-dealkylation sites (N-methyl/N-ethyl adjacent to an activating group) is 1. The monoisotopic (exact) mass is 170 g/mol. The van der Waals surface area contributed by atoms with Crippen LogP contribution < -0.4 is 10.6 Å². The van der Waals surface area contributed by atoms with E-state index in [1.165, 1.54) is 12.8 Å². The first-order valence-corrected chi connectivity index (χ1v) is 4.73. The zero-order valence-electron chi connectivity index (χ0n) is 7.89. The highest BCUT2D eigenvalue weighted by molar-refractivity contribution is 5.81. The Morgan fingerprint density at radius 3 is 3.00 bits per heavy atom. The van der Waals surface area contributed by atoms with Crippen LogP contribution in [0.2, 0.25) is 0 Å². The van der Waals surface area contributed by atoms with Crippen molar-refractivity contribution in [3.63, 3.8) is 0 Å². The highest BCUT2D eigenvalue weighted by Crippen LogP contribution is 2.18. The number of carbonyl (C=O) groups is 1. The molecular weight excluding hydrogens is 152 g/mol. The van der Waals surface area contributed by atoms with Crippen LogP contribution in [0.3, 0.4) is 0 Å². The highest BCUT2D eigenvalue weighted by atomic mass is 16.2. The highest BCUT2D eigenvalue weighted by Gasteiger charge is 2.27. The lowest BCUT2D eigenvalue weighted by Gasteiger charge is -2.07. The maximum absolute atomic E-state index is 11.2. The molecule has 2 atom stereocenters. The van der Waals surface area contributed by atoms with Gasteiger partial charge in [-0.15, -0.1) is 0 Å². The fourth-order valence-corrected chi connectivity index (χ4v) is 1.81. The molecule has 1 aliphatic rings. The molecule has 3 heteroatoms. The van der Waals surface area contributed by atoms with Gasteiger partial charge in [-0.2, -0.15) is 0 Å². The van der Waals surface area contributed by atoms with E-state index in [0.29, 0.717) is 5.92 Å². The van der Waals surface area contributed by atoms with Crippen molar-refractivity contribution < 1.29 is 4.79 Å². The summed E-state index contributed by atoms with van der Waals surface area (Å²) in [5.41, 5.74) is 0. The smallest absolute Gasteiger partial charge is 0.236 e. The Morgan fingerprint density at radius 1 is 1.67 bits per heavy atom. The van der Waals surface area contributed by atoms with Crippen LogP contribution >= 0.6 is 0 Å². The molecule has 0 radical (unpaired) electrons. The molecule has 1 saturated heterocycles. The van der Waals surface area contributed by atoms with Gasteiger partial charge in [0.05, 0.1) is 6.04 Å². The van der Waals surface area contributed by atoms with Crippen LogP contribution in [0.5, 0.6) is 0 Å². The molecule has 0 aromatic heterocycles. The lowest BCUT2D eigenvalue weighted by Crippen LogP contribution is -2.38. The number of hydrogen-bond acceptors (Lipinski definition) is 2. The number of amides is 1. The quantitative estimate of drug-likeness (QED) is 0.648. The third-order valence-corrected chi connectivity index (χ3v) is 2.48. The molecule has 0 aliphatic carbocycles. The fourth-order valence-electron chi connectivity index (χ4n) is 1.81. The van der Waals surface area contributed by atoms with Gasteiger partial charge in [0.1, 0.15) is 0 Å². The van der Waals surface area contributed by atoms with Crippen molar-refractivity contribution in [2.75, 3.05) is 13.6 Å². The Morgan fingerprint density at radius 2 is 2.42 bits per heavy atom. The topological polar surface area (TPSA) is 41.1 Å². The van der Waals surface area contributed by atoms with Crippen LogP contribution in [-0.4, -0.2) is 25.5 Å². The first-order valence-electron chi connectivity index (χ1n) is 4.73. The summed E-state index contributed by atoms with van der Waals surface area (Å²) >= 11 is 0. The lowest BCUT2D eigenvalue weighted by molar-refractivity contribution is -0.122. The van der Waals surface area contributed by atoms with Gasteiger partial charge >= 0.3 is 0 Å². The maximum Gasteiger partial charge on any atom is 0.236 e. The molecule has 0 aromatic rings. The molecule has 0 aromatic carbocycles. The second kappa shape index (κ2) is 4.45. The van der Waals surface area contributed by atoms with Gasteiger partial charge in [-0.1, -0.05) is 13.3 Å². The van der Waals surface area contributed by atoms with E-state index in [-0.39, 0.29) is 11.9 Å². The van der Waals surface area contributed by atoms with Gasteiger partial charge in [-0.05, 0) is 25.3 Å². The zero-order chi connectivity index (χ0) is 8.97. The summed E-state index contributed by atoms with van der Waals surface area (Å²) in [5.74, 6) is 0.839. The van der Waals surface area contributed by atoms with E-state index >= 15 is 0 Å². The van der Waals surface area contributed by atoms with Gasteiger partial charge in [0.25, 0.3) is 0 Å². The minimum absolute atomic E-state index is 0.0616. The first kappa shape index (κ1) is 9.52. The number of nitrogens with one attached hydrogen (secondary N) is 2. The van der Waals surface area contributed by atoms with Gasteiger partial charge in [0.15, 0.2) is 0 Å². The van der Waals surface area contributed by atoms with Crippen LogP contribution in [0.1, 0.15) is 26.2 Å². The summed E-state index contributed by atoms with van der Waals surface area (Å²) < 4.78 is 0. The standard InChI is InChI=1S/C9H18N2O/c1-3-4-7-5-8(11-6-7)9(12)10-2/h7-8,11H,3-6H2,1-2H3,(H,10,12). The van der Waals surface area contributed by atoms with Crippen molar-refractivity contribution in [3.05, 3.63) is 0 Å². The van der Waals surface area contributed by atoms with E-state index in [4.69, 9.17) is 0 Å². The van der Waals surface area contributed by atoms with Crippen molar-refractivity contribution in [2.45, 2.75) is 32.2 Å². The molecular formula is C9H18N2O. The average Bonchev–Trinajstić information content (AvgIpc) is 2.52. The van der Waals surface area contributed by atoms with E-state index in [1.54, 1.807) is 7.05 Å². The van der Waals surface area contributed by atoms with E-state index in [0.717, 1.165) is 13.0 Å². The van der Waals surface area contributed by atoms with Gasteiger partial charge in [-0.3, -0.25) is 4.79 Å². The Balaban J connectivity index is 2.30. The molecule has 1 heterocycles. The number of hydrogen-bond donors (Lipinski definition) is 2. The van der Waals surface area contributed by atoms with Crippen LogP contribution in [-0.2, 0) is 4.79 Å². The van der Waals surface area contributed by atoms with E-state index in [9.17, 15) is 4.79 Å². The predicted octanol–water partition coefficient (Wildman–Crippen LogP) is 0.511. The predicted molar refractivity (Wildman–Crippen MR) is 48.9 cm³/mol. The van der Waals surface area contributed by atoms with Crippen molar-refractivity contribution in [1.29, 1.82) is 0 Å². The molecule has 1 aliphatic heterocycles. The summed E-state index contributed by atoms with van der Waals surface area (Å²) in [6, 6.07) is 0.0616. The molecule has 2 unspecified atom stereocenters. The van der Waals surface area contributed by atoms with Crippen LogP contribution in [0.15, 0.2) is 0 Å². The fraction of sp³-hybridized carbons (Fsp3) is 0.889. The summed E-state index contributed by atoms with van der Waals surface area (Å²) in [5, 5.41) is 5.90. The van der Waals surface area contributed by atoms with Gasteiger partial charge in [0, 0.05) is 7.05 Å². The van der Waals surface area contributed by atoms with E-state index < -0.39 is 0 Å². The normalized spacial score (nSPS) is 28.8. The SMILES string of the molecule is CCCC1CNC(C(=O)NC)C1. The summed E-state index contributed by atoms with van der Waals surface area (Å²) in [7, 11) is 1.69. The average molecular weight is 170 g/mol. The third kappa shape index (κ3) is 2.21. The molecule has 3 nitrogen and oxygen atoms in total. The molecule has 1 amide bonds. The van der Waals surface area contributed by atoms with Crippen LogP contribution in [0.25, 0.3) is 0 Å². The van der Waals surface area contributed by atoms with Crippen molar-refractivity contribution in [3.8, 4) is 0 Å². The van der Waals surface area contributed by atoms with E-state index in [1.807, 2.05) is 0 Å². The molecule has 0 saturated carbocycles. The summed E-state index contributed by atoms with van der Waals surface area (Å²) in [6.45, 7) is 3.19. The van der Waals surface area contributed by atoms with Crippen molar-refractivity contribution >= 4 is 5.91 Å². The second-order valence-corrected chi connectivity index (χ2v) is 3.47. The van der Waals surface area contributed by atoms with Gasteiger partial charge in [-0.25, -0.2) is 0 Å². The molecule has 0 spiro atoms. The van der Waals surface area contributed by atoms with Crippen LogP contribution in [0, 0.1) is 5.92 Å². The van der Waals surface area contributed by atoms with Crippen LogP contribution in [0.4, 0.5) is 0 Å². The molecule has 12 heavy (non-hydrogen) atoms. The molecule has 2 N–H and O–H groups in total. The Kier molecular flexibility index (Phi) is 3.53. The molecule has 1 rings (SSSR count). The van der Waals surface area contributed by atoms with E-state index in [2.05, 4.69) is 17.6 Å². The third-order valence-electron chi connectivity index (χ3n) is 2.48. The lowest BCUT2D eigenvalue weighted by atomic mass is 10.0.